The van der Waals surface area contributed by atoms with Gasteiger partial charge in [0, 0.05) is 22.6 Å². The van der Waals surface area contributed by atoms with E-state index >= 15 is 0 Å². The minimum atomic E-state index is -0.850. The van der Waals surface area contributed by atoms with Crippen molar-refractivity contribution >= 4 is 32.7 Å². The second kappa shape index (κ2) is 5.56. The molecule has 2 aromatic heterocycles. The average molecular weight is 388 g/mol. The van der Waals surface area contributed by atoms with Crippen LogP contribution in [0.5, 0.6) is 0 Å². The zero-order chi connectivity index (χ0) is 18.9. The molecule has 0 atom stereocenters. The number of hydrogen-bond acceptors (Lipinski definition) is 3. The van der Waals surface area contributed by atoms with Crippen molar-refractivity contribution < 1.29 is 13.2 Å². The minimum absolute atomic E-state index is 0.00323. The molecule has 0 amide bonds. The van der Waals surface area contributed by atoms with Gasteiger partial charge in [-0.2, -0.15) is 0 Å². The van der Waals surface area contributed by atoms with Gasteiger partial charge in [-0.05, 0) is 54.7 Å². The number of benzene rings is 2. The van der Waals surface area contributed by atoms with Gasteiger partial charge in [-0.15, -0.1) is 0 Å². The number of rotatable bonds is 2. The van der Waals surface area contributed by atoms with Crippen molar-refractivity contribution in [1.82, 2.24) is 8.94 Å². The molecule has 4 aromatic rings. The van der Waals surface area contributed by atoms with E-state index in [9.17, 15) is 22.8 Å². The Balaban J connectivity index is 1.95. The summed E-state index contributed by atoms with van der Waals surface area (Å²) in [6, 6.07) is 5.27. The first-order chi connectivity index (χ1) is 13.0. The van der Waals surface area contributed by atoms with E-state index in [4.69, 9.17) is 0 Å². The lowest BCUT2D eigenvalue weighted by Gasteiger charge is -2.14. The molecule has 1 aliphatic rings. The zero-order valence-corrected chi connectivity index (χ0v) is 14.5. The maximum absolute atomic E-state index is 14.8. The van der Waals surface area contributed by atoms with Gasteiger partial charge in [0.15, 0.2) is 0 Å². The molecular weight excluding hydrogens is 377 g/mol. The lowest BCUT2D eigenvalue weighted by atomic mass is 10.0. The highest BCUT2D eigenvalue weighted by Gasteiger charge is 2.29. The van der Waals surface area contributed by atoms with Crippen molar-refractivity contribution in [1.29, 1.82) is 0 Å². The predicted molar refractivity (Wildman–Crippen MR) is 97.8 cm³/mol. The van der Waals surface area contributed by atoms with E-state index in [1.165, 1.54) is 6.07 Å². The Morgan fingerprint density at radius 1 is 1.00 bits per heavy atom. The molecule has 0 unspecified atom stereocenters. The van der Waals surface area contributed by atoms with Gasteiger partial charge in [0.2, 0.25) is 5.43 Å². The minimum Gasteiger partial charge on any atom is -0.328 e. The first kappa shape index (κ1) is 16.3. The molecule has 0 bridgehead atoms. The third-order valence-electron chi connectivity index (χ3n) is 4.85. The van der Waals surface area contributed by atoms with Crippen LogP contribution >= 0.6 is 11.5 Å². The first-order valence-electron chi connectivity index (χ1n) is 8.30. The van der Waals surface area contributed by atoms with Crippen LogP contribution in [0.4, 0.5) is 13.2 Å². The molecular formula is C19H11F3N2O2S. The molecule has 2 aromatic carbocycles. The van der Waals surface area contributed by atoms with Crippen molar-refractivity contribution in [3.63, 3.8) is 0 Å². The Kier molecular flexibility index (Phi) is 3.36. The third-order valence-corrected chi connectivity index (χ3v) is 5.73. The van der Waals surface area contributed by atoms with Gasteiger partial charge < -0.3 is 4.57 Å². The Morgan fingerprint density at radius 3 is 2.48 bits per heavy atom. The Labute approximate surface area is 153 Å². The summed E-state index contributed by atoms with van der Waals surface area (Å²) in [5.41, 5.74) is -1.01. The molecule has 0 radical (unpaired) electrons. The van der Waals surface area contributed by atoms with E-state index in [-0.39, 0.29) is 27.9 Å². The van der Waals surface area contributed by atoms with Crippen LogP contribution in [0.2, 0.25) is 0 Å². The highest BCUT2D eigenvalue weighted by molar-refractivity contribution is 7.12. The molecule has 4 nitrogen and oxygen atoms in total. The van der Waals surface area contributed by atoms with E-state index in [0.29, 0.717) is 10.3 Å². The zero-order valence-electron chi connectivity index (χ0n) is 13.7. The number of H-pyrrole nitrogens is 1. The second-order valence-corrected chi connectivity index (χ2v) is 7.41. The number of halogens is 3. The highest BCUT2D eigenvalue weighted by Crippen LogP contribution is 2.41. The topological polar surface area (TPSA) is 54.9 Å². The molecule has 1 N–H and O–H groups in total. The Hall–Kier alpha value is -2.87. The van der Waals surface area contributed by atoms with Crippen molar-refractivity contribution in [2.24, 2.45) is 0 Å². The standard InChI is InChI=1S/C19H11F3N2O2S/c20-8-1-4-13(21)10(5-8)11-7-15-12(6-14(11)22)17(25)16-18(26)23-27-19(16)24(15)9-2-3-9/h1,4-7,9H,2-3H2,(H,23,26). The molecule has 0 spiro atoms. The molecule has 0 aliphatic heterocycles. The van der Waals surface area contributed by atoms with Crippen LogP contribution in [-0.2, 0) is 0 Å². The predicted octanol–water partition coefficient (Wildman–Crippen LogP) is 4.32. The molecule has 1 saturated carbocycles. The van der Waals surface area contributed by atoms with Crippen LogP contribution in [0, 0.1) is 17.5 Å². The Bertz CT molecular complexity index is 1370. The van der Waals surface area contributed by atoms with Crippen molar-refractivity contribution in [2.75, 3.05) is 0 Å². The quantitative estimate of drug-likeness (QED) is 0.556. The molecule has 0 saturated heterocycles. The molecule has 1 aliphatic carbocycles. The molecule has 1 fully saturated rings. The first-order valence-corrected chi connectivity index (χ1v) is 9.11. The third kappa shape index (κ3) is 2.36. The molecule has 136 valence electrons. The fourth-order valence-electron chi connectivity index (χ4n) is 3.46. The highest BCUT2D eigenvalue weighted by atomic mass is 32.1. The fourth-order valence-corrected chi connectivity index (χ4v) is 4.38. The van der Waals surface area contributed by atoms with Crippen LogP contribution < -0.4 is 11.0 Å². The number of nitrogens with zero attached hydrogens (tertiary/aromatic N) is 1. The average Bonchev–Trinajstić information content (AvgIpc) is 3.40. The SMILES string of the molecule is O=c1[nH]sc2c1c(=O)c1cc(F)c(-c3cc(F)ccc3F)cc1n2C1CC1. The summed E-state index contributed by atoms with van der Waals surface area (Å²) < 4.78 is 46.9. The maximum Gasteiger partial charge on any atom is 0.271 e. The molecule has 2 heterocycles. The van der Waals surface area contributed by atoms with Crippen LogP contribution in [0.3, 0.4) is 0 Å². The summed E-state index contributed by atoms with van der Waals surface area (Å²) in [7, 11) is 0. The fraction of sp³-hybridized carbons (Fsp3) is 0.158. The van der Waals surface area contributed by atoms with Crippen molar-refractivity contribution in [3.05, 3.63) is 68.4 Å². The summed E-state index contributed by atoms with van der Waals surface area (Å²) in [4.78, 5) is 25.3. The number of pyridine rings is 1. The smallest absolute Gasteiger partial charge is 0.271 e. The normalized spacial score (nSPS) is 14.3. The van der Waals surface area contributed by atoms with E-state index in [1.807, 2.05) is 4.57 Å². The van der Waals surface area contributed by atoms with Crippen molar-refractivity contribution in [2.45, 2.75) is 18.9 Å². The number of hydrogen-bond donors (Lipinski definition) is 1. The monoisotopic (exact) mass is 388 g/mol. The Morgan fingerprint density at radius 2 is 1.74 bits per heavy atom. The van der Waals surface area contributed by atoms with Gasteiger partial charge in [0.1, 0.15) is 27.7 Å². The van der Waals surface area contributed by atoms with E-state index in [0.717, 1.165) is 48.6 Å². The van der Waals surface area contributed by atoms with Gasteiger partial charge in [-0.3, -0.25) is 14.0 Å². The lowest BCUT2D eigenvalue weighted by Crippen LogP contribution is -2.15. The van der Waals surface area contributed by atoms with Crippen molar-refractivity contribution in [3.8, 4) is 11.1 Å². The van der Waals surface area contributed by atoms with Crippen LogP contribution in [0.15, 0.2) is 39.9 Å². The largest absolute Gasteiger partial charge is 0.328 e. The number of aromatic nitrogens is 2. The molecule has 8 heteroatoms. The maximum atomic E-state index is 14.8. The van der Waals surface area contributed by atoms with E-state index in [2.05, 4.69) is 4.37 Å². The van der Waals surface area contributed by atoms with Crippen LogP contribution in [0.1, 0.15) is 18.9 Å². The van der Waals surface area contributed by atoms with Gasteiger partial charge in [0.05, 0.1) is 5.52 Å². The summed E-state index contributed by atoms with van der Waals surface area (Å²) in [5, 5.41) is 0.0554. The summed E-state index contributed by atoms with van der Waals surface area (Å²) in [6.07, 6.45) is 1.72. The lowest BCUT2D eigenvalue weighted by molar-refractivity contribution is 0.598. The summed E-state index contributed by atoms with van der Waals surface area (Å²) in [6.45, 7) is 0. The summed E-state index contributed by atoms with van der Waals surface area (Å²) in [5.74, 6) is -2.30. The number of fused-ring (bicyclic) bond motifs is 2. The van der Waals surface area contributed by atoms with Crippen LogP contribution in [0.25, 0.3) is 32.2 Å². The number of aromatic amines is 1. The van der Waals surface area contributed by atoms with Gasteiger partial charge in [-0.25, -0.2) is 13.2 Å². The van der Waals surface area contributed by atoms with E-state index in [1.54, 1.807) is 0 Å². The molecule has 5 rings (SSSR count). The summed E-state index contributed by atoms with van der Waals surface area (Å²) >= 11 is 1.05. The molecule has 27 heavy (non-hydrogen) atoms. The van der Waals surface area contributed by atoms with Crippen LogP contribution in [-0.4, -0.2) is 8.94 Å². The number of nitrogens with one attached hydrogen (secondary N) is 1. The van der Waals surface area contributed by atoms with Gasteiger partial charge >= 0.3 is 0 Å². The van der Waals surface area contributed by atoms with Gasteiger partial charge in [0.25, 0.3) is 5.56 Å². The second-order valence-electron chi connectivity index (χ2n) is 6.62. The van der Waals surface area contributed by atoms with E-state index < -0.39 is 28.4 Å². The van der Waals surface area contributed by atoms with Gasteiger partial charge in [-0.1, -0.05) is 0 Å².